The number of fused-ring (bicyclic) bond motifs is 1. The highest BCUT2D eigenvalue weighted by Gasteiger charge is 2.28. The van der Waals surface area contributed by atoms with Crippen LogP contribution < -0.4 is 0 Å². The maximum atomic E-state index is 11.8. The van der Waals surface area contributed by atoms with Crippen LogP contribution in [-0.2, 0) is 27.5 Å². The highest BCUT2D eigenvalue weighted by Crippen LogP contribution is 2.29. The minimum absolute atomic E-state index is 0.0372. The Morgan fingerprint density at radius 3 is 2.80 bits per heavy atom. The van der Waals surface area contributed by atoms with Crippen LogP contribution >= 0.6 is 15.9 Å². The molecule has 0 saturated heterocycles. The van der Waals surface area contributed by atoms with Crippen LogP contribution in [0.5, 0.6) is 0 Å². The molecule has 2 unspecified atom stereocenters. The number of rotatable bonds is 3. The summed E-state index contributed by atoms with van der Waals surface area (Å²) in [5.74, 6) is -0.235. The van der Waals surface area contributed by atoms with Crippen LogP contribution in [-0.4, -0.2) is 46.6 Å². The average molecular weight is 382 g/mol. The third kappa shape index (κ3) is 3.88. The minimum Gasteiger partial charge on any atom is -0.306 e. The van der Waals surface area contributed by atoms with E-state index in [0.29, 0.717) is 13.0 Å². The maximum absolute atomic E-state index is 11.8. The van der Waals surface area contributed by atoms with Gasteiger partial charge in [0, 0.05) is 23.5 Å². The molecule has 0 fully saturated rings. The summed E-state index contributed by atoms with van der Waals surface area (Å²) in [4.78, 5) is 0. The second kappa shape index (κ2) is 6.23. The predicted molar refractivity (Wildman–Crippen MR) is 82.6 cm³/mol. The number of hydrogen-bond acceptors (Lipinski definition) is 3. The second-order valence-electron chi connectivity index (χ2n) is 4.90. The Morgan fingerprint density at radius 1 is 1.50 bits per heavy atom. The summed E-state index contributed by atoms with van der Waals surface area (Å²) in [6.07, 6.45) is 1.79. The number of sulfonamides is 1. The van der Waals surface area contributed by atoms with Gasteiger partial charge in [-0.2, -0.15) is 0 Å². The lowest BCUT2D eigenvalue weighted by molar-refractivity contribution is 0.408. The molecule has 0 spiro atoms. The molecular formula is C12H16BrNO4S2. The Balaban J connectivity index is 2.42. The topological polar surface area (TPSA) is 74.7 Å². The lowest BCUT2D eigenvalue weighted by Crippen LogP contribution is -2.34. The maximum Gasteiger partial charge on any atom is 0.211 e. The molecule has 2 atom stereocenters. The molecule has 1 aromatic carbocycles. The number of hydrogen-bond donors (Lipinski definition) is 1. The van der Waals surface area contributed by atoms with E-state index in [-0.39, 0.29) is 18.2 Å². The van der Waals surface area contributed by atoms with Crippen molar-refractivity contribution in [3.05, 3.63) is 33.8 Å². The van der Waals surface area contributed by atoms with Crippen LogP contribution in [0, 0.1) is 0 Å². The molecule has 5 nitrogen and oxygen atoms in total. The number of nitrogens with zero attached hydrogens (tertiary/aromatic N) is 1. The molecule has 0 radical (unpaired) electrons. The van der Waals surface area contributed by atoms with E-state index in [0.717, 1.165) is 15.6 Å². The van der Waals surface area contributed by atoms with Crippen LogP contribution in [0.3, 0.4) is 0 Å². The first-order valence-electron chi connectivity index (χ1n) is 6.08. The molecular weight excluding hydrogens is 366 g/mol. The average Bonchev–Trinajstić information content (AvgIpc) is 2.48. The summed E-state index contributed by atoms with van der Waals surface area (Å²) in [5.41, 5.74) is 1.99. The fourth-order valence-electron chi connectivity index (χ4n) is 2.47. The van der Waals surface area contributed by atoms with E-state index in [1.165, 1.54) is 10.6 Å². The Hall–Kier alpha value is -0.280. The number of benzene rings is 1. The van der Waals surface area contributed by atoms with E-state index in [4.69, 9.17) is 0 Å². The normalized spacial score (nSPS) is 22.1. The molecule has 20 heavy (non-hydrogen) atoms. The molecule has 1 aliphatic heterocycles. The van der Waals surface area contributed by atoms with Gasteiger partial charge in [0.1, 0.15) is 0 Å². The minimum atomic E-state index is -3.30. The lowest BCUT2D eigenvalue weighted by atomic mass is 9.95. The third-order valence-electron chi connectivity index (χ3n) is 3.42. The lowest BCUT2D eigenvalue weighted by Gasteiger charge is -2.22. The van der Waals surface area contributed by atoms with Gasteiger partial charge in [0.25, 0.3) is 0 Å². The zero-order chi connectivity index (χ0) is 14.9. The van der Waals surface area contributed by atoms with Crippen molar-refractivity contribution in [1.82, 2.24) is 4.31 Å². The van der Waals surface area contributed by atoms with Crippen LogP contribution in [0.1, 0.15) is 17.0 Å². The molecule has 0 bridgehead atoms. The summed E-state index contributed by atoms with van der Waals surface area (Å²) >= 11 is 1.43. The van der Waals surface area contributed by atoms with E-state index in [1.807, 2.05) is 18.2 Å². The van der Waals surface area contributed by atoms with Gasteiger partial charge in [-0.15, -0.1) is 0 Å². The second-order valence-corrected chi connectivity index (χ2v) is 8.77. The fourth-order valence-corrected chi connectivity index (χ4v) is 4.35. The van der Waals surface area contributed by atoms with Gasteiger partial charge in [0.15, 0.2) is 11.1 Å². The van der Waals surface area contributed by atoms with Crippen LogP contribution in [0.25, 0.3) is 0 Å². The van der Waals surface area contributed by atoms with Crippen molar-refractivity contribution in [1.29, 1.82) is 0 Å². The molecule has 1 heterocycles. The molecule has 0 aromatic heterocycles. The highest BCUT2D eigenvalue weighted by molar-refractivity contribution is 9.10. The van der Waals surface area contributed by atoms with E-state index in [1.54, 1.807) is 0 Å². The van der Waals surface area contributed by atoms with E-state index in [9.17, 15) is 17.2 Å². The van der Waals surface area contributed by atoms with Gasteiger partial charge in [-0.3, -0.25) is 0 Å². The fraction of sp³-hybridized carbons (Fsp3) is 0.500. The molecule has 2 rings (SSSR count). The van der Waals surface area contributed by atoms with Gasteiger partial charge in [-0.25, -0.2) is 16.9 Å². The summed E-state index contributed by atoms with van der Waals surface area (Å²) in [5, 5.41) is 0. The first-order valence-corrected chi connectivity index (χ1v) is 10.00. The van der Waals surface area contributed by atoms with Gasteiger partial charge in [0.05, 0.1) is 12.0 Å². The van der Waals surface area contributed by atoms with Gasteiger partial charge in [0.2, 0.25) is 10.0 Å². The Bertz CT molecular complexity index is 632. The molecule has 0 aliphatic carbocycles. The predicted octanol–water partition coefficient (Wildman–Crippen LogP) is 1.57. The van der Waals surface area contributed by atoms with Crippen LogP contribution in [0.4, 0.5) is 0 Å². The Labute approximate surface area is 129 Å². The Kier molecular flexibility index (Phi) is 5.01. The van der Waals surface area contributed by atoms with Gasteiger partial charge >= 0.3 is 0 Å². The van der Waals surface area contributed by atoms with Crippen molar-refractivity contribution in [3.63, 3.8) is 0 Å². The zero-order valence-electron chi connectivity index (χ0n) is 11.0. The van der Waals surface area contributed by atoms with E-state index < -0.39 is 21.1 Å². The van der Waals surface area contributed by atoms with Crippen molar-refractivity contribution in [2.24, 2.45) is 0 Å². The largest absolute Gasteiger partial charge is 0.306 e. The van der Waals surface area contributed by atoms with Gasteiger partial charge in [-0.1, -0.05) is 22.0 Å². The van der Waals surface area contributed by atoms with Gasteiger partial charge in [-0.05, 0) is 29.7 Å². The third-order valence-corrected chi connectivity index (χ3v) is 5.87. The molecule has 1 aliphatic rings. The molecule has 112 valence electrons. The smallest absolute Gasteiger partial charge is 0.211 e. The Morgan fingerprint density at radius 2 is 2.20 bits per heavy atom. The molecule has 1 aromatic rings. The molecule has 8 heteroatoms. The monoisotopic (exact) mass is 381 g/mol. The van der Waals surface area contributed by atoms with E-state index >= 15 is 0 Å². The summed E-state index contributed by atoms with van der Waals surface area (Å²) in [6, 6.07) is 5.76. The highest BCUT2D eigenvalue weighted by atomic mass is 79.9. The van der Waals surface area contributed by atoms with E-state index in [2.05, 4.69) is 15.9 Å². The van der Waals surface area contributed by atoms with Crippen LogP contribution in [0.2, 0.25) is 0 Å². The SMILES string of the molecule is CS(=O)(=O)N1CCc2ccc(Br)cc2C(CS(=O)O)C1. The van der Waals surface area contributed by atoms with Crippen molar-refractivity contribution in [3.8, 4) is 0 Å². The van der Waals surface area contributed by atoms with Crippen molar-refractivity contribution in [2.75, 3.05) is 25.1 Å². The zero-order valence-corrected chi connectivity index (χ0v) is 14.2. The molecule has 0 amide bonds. The summed E-state index contributed by atoms with van der Waals surface area (Å²) in [7, 11) is -3.30. The van der Waals surface area contributed by atoms with Crippen molar-refractivity contribution < 1.29 is 17.2 Å². The number of halogens is 1. The standard InChI is InChI=1S/C12H16BrNO4S2/c1-20(17,18)14-5-4-9-2-3-11(13)6-12(9)10(7-14)8-19(15)16/h2-3,6,10H,4-5,7-8H2,1H3,(H,15,16). The first-order chi connectivity index (χ1) is 9.27. The van der Waals surface area contributed by atoms with Crippen LogP contribution in [0.15, 0.2) is 22.7 Å². The molecule has 1 N–H and O–H groups in total. The first kappa shape index (κ1) is 16.1. The van der Waals surface area contributed by atoms with Gasteiger partial charge < -0.3 is 4.55 Å². The van der Waals surface area contributed by atoms with Crippen molar-refractivity contribution in [2.45, 2.75) is 12.3 Å². The quantitative estimate of drug-likeness (QED) is 0.806. The summed E-state index contributed by atoms with van der Waals surface area (Å²) < 4.78 is 46.1. The summed E-state index contributed by atoms with van der Waals surface area (Å²) in [6.45, 7) is 0.649. The van der Waals surface area contributed by atoms with Crippen molar-refractivity contribution >= 4 is 37.0 Å². The molecule has 0 saturated carbocycles.